The second-order valence-electron chi connectivity index (χ2n) is 6.71. The molecule has 3 rings (SSSR count). The van der Waals surface area contributed by atoms with Gasteiger partial charge in [-0.05, 0) is 25.8 Å². The minimum absolute atomic E-state index is 0.176. The number of pyridine rings is 1. The molecule has 0 amide bonds. The molecule has 1 aromatic carbocycles. The van der Waals surface area contributed by atoms with Crippen LogP contribution < -0.4 is 10.5 Å². The summed E-state index contributed by atoms with van der Waals surface area (Å²) >= 11 is 0. The quantitative estimate of drug-likeness (QED) is 0.774. The lowest BCUT2D eigenvalue weighted by Crippen LogP contribution is -3.09. The van der Waals surface area contributed by atoms with E-state index in [0.29, 0.717) is 19.8 Å². The number of hydrogen-bond acceptors (Lipinski definition) is 3. The fourth-order valence-corrected chi connectivity index (χ4v) is 4.82. The maximum atomic E-state index is 12.7. The van der Waals surface area contributed by atoms with Crippen molar-refractivity contribution in [1.29, 1.82) is 0 Å². The molecule has 1 unspecified atom stereocenters. The van der Waals surface area contributed by atoms with Gasteiger partial charge in [0.05, 0.1) is 11.4 Å². The Bertz CT molecular complexity index is 888. The summed E-state index contributed by atoms with van der Waals surface area (Å²) in [5.41, 5.74) is 1.02. The molecule has 2 aromatic rings. The Morgan fingerprint density at radius 1 is 1.04 bits per heavy atom. The zero-order valence-electron chi connectivity index (χ0n) is 15.1. The average molecular weight is 377 g/mol. The highest BCUT2D eigenvalue weighted by Crippen LogP contribution is 2.19. The van der Waals surface area contributed by atoms with Gasteiger partial charge in [0.1, 0.15) is 6.54 Å². The van der Waals surface area contributed by atoms with Gasteiger partial charge in [-0.25, -0.2) is 8.42 Å². The Morgan fingerprint density at radius 2 is 1.73 bits per heavy atom. The normalized spacial score (nSPS) is 16.7. The van der Waals surface area contributed by atoms with Crippen molar-refractivity contribution >= 4 is 10.0 Å². The first-order chi connectivity index (χ1) is 12.5. The number of aromatic nitrogens is 1. The third-order valence-corrected chi connectivity index (χ3v) is 6.73. The molecule has 1 aromatic heterocycles. The van der Waals surface area contributed by atoms with Gasteiger partial charge in [-0.2, -0.15) is 4.31 Å². The molecule has 7 heteroatoms. The van der Waals surface area contributed by atoms with Gasteiger partial charge in [0.15, 0.2) is 6.67 Å². The summed E-state index contributed by atoms with van der Waals surface area (Å²) in [5, 5.41) is 0. The van der Waals surface area contributed by atoms with Crippen LogP contribution in [0, 0.1) is 0 Å². The molecular formula is C19H26N3O3S+. The van der Waals surface area contributed by atoms with Crippen molar-refractivity contribution in [2.45, 2.75) is 37.9 Å². The van der Waals surface area contributed by atoms with E-state index < -0.39 is 10.0 Å². The van der Waals surface area contributed by atoms with E-state index in [0.717, 1.165) is 25.9 Å². The van der Waals surface area contributed by atoms with Gasteiger partial charge in [-0.1, -0.05) is 30.3 Å². The predicted molar refractivity (Wildman–Crippen MR) is 100 cm³/mol. The lowest BCUT2D eigenvalue weighted by molar-refractivity contribution is -0.934. The number of benzene rings is 1. The van der Waals surface area contributed by atoms with Crippen molar-refractivity contribution in [2.24, 2.45) is 0 Å². The molecule has 1 saturated heterocycles. The Morgan fingerprint density at radius 3 is 2.38 bits per heavy atom. The van der Waals surface area contributed by atoms with E-state index in [1.807, 2.05) is 18.2 Å². The molecule has 0 saturated carbocycles. The fraction of sp³-hybridized carbons (Fsp3) is 0.421. The topological polar surface area (TPSA) is 63.8 Å². The Hall–Kier alpha value is -1.96. The molecule has 1 N–H and O–H groups in total. The zero-order valence-corrected chi connectivity index (χ0v) is 15.9. The molecule has 0 spiro atoms. The third kappa shape index (κ3) is 4.23. The van der Waals surface area contributed by atoms with Crippen LogP contribution in [-0.2, 0) is 23.2 Å². The van der Waals surface area contributed by atoms with Crippen molar-refractivity contribution in [3.05, 3.63) is 64.6 Å². The molecule has 0 radical (unpaired) electrons. The molecule has 26 heavy (non-hydrogen) atoms. The van der Waals surface area contributed by atoms with Crippen LogP contribution in [-0.4, -0.2) is 36.9 Å². The van der Waals surface area contributed by atoms with E-state index in [4.69, 9.17) is 0 Å². The second kappa shape index (κ2) is 8.16. The van der Waals surface area contributed by atoms with Crippen molar-refractivity contribution in [3.63, 3.8) is 0 Å². The molecule has 1 atom stereocenters. The van der Waals surface area contributed by atoms with Crippen molar-refractivity contribution in [3.8, 4) is 0 Å². The van der Waals surface area contributed by atoms with Crippen molar-refractivity contribution in [1.82, 2.24) is 8.87 Å². The van der Waals surface area contributed by atoms with Gasteiger partial charge in [0, 0.05) is 30.9 Å². The first-order valence-electron chi connectivity index (χ1n) is 9.09. The van der Waals surface area contributed by atoms with Crippen LogP contribution in [0.1, 0.15) is 25.3 Å². The molecule has 2 heterocycles. The van der Waals surface area contributed by atoms with Gasteiger partial charge in [-0.15, -0.1) is 0 Å². The van der Waals surface area contributed by atoms with Gasteiger partial charge in [0.2, 0.25) is 10.0 Å². The van der Waals surface area contributed by atoms with Crippen LogP contribution >= 0.6 is 0 Å². The van der Waals surface area contributed by atoms with Crippen LogP contribution in [0.2, 0.25) is 0 Å². The average Bonchev–Trinajstić information content (AvgIpc) is 3.19. The van der Waals surface area contributed by atoms with Crippen molar-refractivity contribution in [2.75, 3.05) is 19.6 Å². The maximum Gasteiger partial charge on any atom is 0.254 e. The number of hydrogen-bond donors (Lipinski definition) is 1. The molecule has 0 aliphatic carbocycles. The lowest BCUT2D eigenvalue weighted by atomic mass is 10.2. The van der Waals surface area contributed by atoms with E-state index >= 15 is 0 Å². The Labute approximate surface area is 154 Å². The number of nitrogens with zero attached hydrogens (tertiary/aromatic N) is 2. The van der Waals surface area contributed by atoms with Crippen LogP contribution in [0.3, 0.4) is 0 Å². The zero-order chi connectivity index (χ0) is 18.6. The third-order valence-electron chi connectivity index (χ3n) is 4.85. The number of quaternary nitrogens is 1. The summed E-state index contributed by atoms with van der Waals surface area (Å²) in [6.07, 6.45) is 3.28. The van der Waals surface area contributed by atoms with E-state index in [1.54, 1.807) is 0 Å². The molecule has 1 aliphatic rings. The molecule has 1 aliphatic heterocycles. The SMILES string of the molecule is CC[NH+](Cc1ccccc1)Cn1cc(S(=O)(=O)N2CCCC2)ccc1=O. The van der Waals surface area contributed by atoms with Crippen LogP contribution in [0.5, 0.6) is 0 Å². The maximum absolute atomic E-state index is 12.7. The molecule has 6 nitrogen and oxygen atoms in total. The highest BCUT2D eigenvalue weighted by molar-refractivity contribution is 7.89. The smallest absolute Gasteiger partial charge is 0.254 e. The van der Waals surface area contributed by atoms with Gasteiger partial charge < -0.3 is 4.90 Å². The first-order valence-corrected chi connectivity index (χ1v) is 10.5. The molecule has 140 valence electrons. The van der Waals surface area contributed by atoms with E-state index in [9.17, 15) is 13.2 Å². The van der Waals surface area contributed by atoms with Gasteiger partial charge in [0.25, 0.3) is 5.56 Å². The standard InChI is InChI=1S/C19H25N3O3S/c1-2-20(14-17-8-4-3-5-9-17)16-21-15-18(10-11-19(21)23)26(24,25)22-12-6-7-13-22/h3-5,8-11,15H,2,6-7,12-14,16H2,1H3/p+1. The fourth-order valence-electron chi connectivity index (χ4n) is 3.28. The first kappa shape index (κ1) is 18.8. The van der Waals surface area contributed by atoms with Gasteiger partial charge in [-0.3, -0.25) is 9.36 Å². The molecular weight excluding hydrogens is 350 g/mol. The van der Waals surface area contributed by atoms with Gasteiger partial charge >= 0.3 is 0 Å². The number of rotatable bonds is 7. The molecule has 1 fully saturated rings. The monoisotopic (exact) mass is 376 g/mol. The Kier molecular flexibility index (Phi) is 5.90. The number of nitrogens with one attached hydrogen (secondary N) is 1. The van der Waals surface area contributed by atoms with Crippen LogP contribution in [0.15, 0.2) is 58.4 Å². The minimum Gasteiger partial charge on any atom is -0.314 e. The van der Waals surface area contributed by atoms with E-state index in [1.165, 1.54) is 37.7 Å². The van der Waals surface area contributed by atoms with E-state index in [2.05, 4.69) is 19.1 Å². The summed E-state index contributed by atoms with van der Waals surface area (Å²) in [5.74, 6) is 0. The summed E-state index contributed by atoms with van der Waals surface area (Å²) in [4.78, 5) is 13.7. The second-order valence-corrected chi connectivity index (χ2v) is 8.65. The van der Waals surface area contributed by atoms with Crippen molar-refractivity contribution < 1.29 is 13.3 Å². The summed E-state index contributed by atoms with van der Waals surface area (Å²) in [6.45, 7) is 5.24. The van der Waals surface area contributed by atoms with Crippen LogP contribution in [0.4, 0.5) is 0 Å². The Balaban J connectivity index is 1.82. The molecule has 0 bridgehead atoms. The summed E-state index contributed by atoms with van der Waals surface area (Å²) in [6, 6.07) is 12.9. The highest BCUT2D eigenvalue weighted by atomic mass is 32.2. The lowest BCUT2D eigenvalue weighted by Gasteiger charge is -2.20. The predicted octanol–water partition coefficient (Wildman–Crippen LogP) is 0.695. The minimum atomic E-state index is -3.52. The van der Waals surface area contributed by atoms with E-state index in [-0.39, 0.29) is 10.5 Å². The summed E-state index contributed by atoms with van der Waals surface area (Å²) < 4.78 is 28.5. The summed E-state index contributed by atoms with van der Waals surface area (Å²) in [7, 11) is -3.52. The van der Waals surface area contributed by atoms with Crippen LogP contribution in [0.25, 0.3) is 0 Å². The highest BCUT2D eigenvalue weighted by Gasteiger charge is 2.27. The number of sulfonamides is 1. The largest absolute Gasteiger partial charge is 0.314 e.